The highest BCUT2D eigenvalue weighted by molar-refractivity contribution is 7.98. The van der Waals surface area contributed by atoms with E-state index in [1.807, 2.05) is 40.1 Å². The molecule has 0 saturated heterocycles. The average molecular weight is 515 g/mol. The van der Waals surface area contributed by atoms with Crippen molar-refractivity contribution in [2.24, 2.45) is 0 Å². The fourth-order valence-electron chi connectivity index (χ4n) is 3.64. The van der Waals surface area contributed by atoms with Gasteiger partial charge in [0.15, 0.2) is 5.16 Å². The minimum Gasteiger partial charge on any atom is -0.494 e. The number of benzene rings is 2. The van der Waals surface area contributed by atoms with Crippen molar-refractivity contribution < 1.29 is 9.13 Å². The Morgan fingerprint density at radius 3 is 2.74 bits per heavy atom. The predicted molar refractivity (Wildman–Crippen MR) is 135 cm³/mol. The highest BCUT2D eigenvalue weighted by Crippen LogP contribution is 2.30. The molecule has 0 fully saturated rings. The van der Waals surface area contributed by atoms with Crippen molar-refractivity contribution in [2.45, 2.75) is 30.8 Å². The number of rotatable bonds is 8. The Morgan fingerprint density at radius 1 is 1.15 bits per heavy atom. The molecule has 0 unspecified atom stereocenters. The Kier molecular flexibility index (Phi) is 6.58. The van der Waals surface area contributed by atoms with Gasteiger partial charge in [0.1, 0.15) is 16.3 Å². The predicted octanol–water partition coefficient (Wildman–Crippen LogP) is 6.03. The Balaban J connectivity index is 1.52. The maximum Gasteiger partial charge on any atom is 0.273 e. The van der Waals surface area contributed by atoms with Crippen LogP contribution in [0, 0.1) is 5.82 Å². The summed E-state index contributed by atoms with van der Waals surface area (Å²) in [7, 11) is 0. The van der Waals surface area contributed by atoms with E-state index in [2.05, 4.69) is 17.1 Å². The van der Waals surface area contributed by atoms with Crippen molar-refractivity contribution in [1.29, 1.82) is 0 Å². The van der Waals surface area contributed by atoms with Gasteiger partial charge in [-0.3, -0.25) is 13.8 Å². The van der Waals surface area contributed by atoms with Gasteiger partial charge in [-0.05, 0) is 47.7 Å². The molecule has 0 spiro atoms. The topological polar surface area (TPSA) is 61.4 Å². The zero-order valence-corrected chi connectivity index (χ0v) is 20.6. The fraction of sp³-hybridized carbons (Fsp3) is 0.208. The summed E-state index contributed by atoms with van der Waals surface area (Å²) in [5, 5.41) is 11.5. The second-order valence-corrected chi connectivity index (χ2v) is 9.89. The fourth-order valence-corrected chi connectivity index (χ4v) is 5.74. The first-order valence-electron chi connectivity index (χ1n) is 10.7. The van der Waals surface area contributed by atoms with Crippen LogP contribution >= 0.6 is 34.7 Å². The third-order valence-electron chi connectivity index (χ3n) is 5.33. The first-order chi connectivity index (χ1) is 16.6. The molecule has 2 aromatic carbocycles. The van der Waals surface area contributed by atoms with Crippen molar-refractivity contribution in [2.75, 3.05) is 6.61 Å². The van der Waals surface area contributed by atoms with Gasteiger partial charge in [0, 0.05) is 16.3 Å². The molecule has 174 valence electrons. The zero-order chi connectivity index (χ0) is 23.7. The molecule has 5 aromatic rings. The number of aromatic nitrogens is 4. The monoisotopic (exact) mass is 514 g/mol. The molecule has 0 aliphatic rings. The summed E-state index contributed by atoms with van der Waals surface area (Å²) < 4.78 is 24.0. The average Bonchev–Trinajstić information content (AvgIpc) is 3.48. The van der Waals surface area contributed by atoms with Crippen LogP contribution in [0.5, 0.6) is 5.75 Å². The molecule has 0 aliphatic carbocycles. The molecule has 0 bridgehead atoms. The lowest BCUT2D eigenvalue weighted by molar-refractivity contribution is 0.317. The molecule has 0 radical (unpaired) electrons. The second-order valence-electron chi connectivity index (χ2n) is 7.63. The molecule has 0 aliphatic heterocycles. The first kappa shape index (κ1) is 22.9. The zero-order valence-electron chi connectivity index (χ0n) is 18.2. The third-order valence-corrected chi connectivity index (χ3v) is 7.53. The van der Waals surface area contributed by atoms with Gasteiger partial charge in [-0.2, -0.15) is 0 Å². The number of halogens is 2. The molecule has 0 N–H and O–H groups in total. The maximum absolute atomic E-state index is 14.3. The van der Waals surface area contributed by atoms with Gasteiger partial charge in [-0.25, -0.2) is 4.39 Å². The minimum absolute atomic E-state index is 0.120. The number of nitrogens with zero attached hydrogens (tertiary/aromatic N) is 4. The van der Waals surface area contributed by atoms with E-state index in [1.54, 1.807) is 16.7 Å². The summed E-state index contributed by atoms with van der Waals surface area (Å²) in [5.41, 5.74) is 1.96. The Morgan fingerprint density at radius 2 is 1.97 bits per heavy atom. The van der Waals surface area contributed by atoms with E-state index in [1.165, 1.54) is 29.2 Å². The van der Waals surface area contributed by atoms with Gasteiger partial charge in [0.05, 0.1) is 18.7 Å². The molecule has 10 heteroatoms. The first-order valence-corrected chi connectivity index (χ1v) is 12.9. The van der Waals surface area contributed by atoms with Gasteiger partial charge in [-0.1, -0.05) is 48.5 Å². The summed E-state index contributed by atoms with van der Waals surface area (Å²) in [4.78, 5) is 13.3. The number of thiophene rings is 1. The van der Waals surface area contributed by atoms with Crippen molar-refractivity contribution in [3.05, 3.63) is 86.2 Å². The molecule has 34 heavy (non-hydrogen) atoms. The quantitative estimate of drug-likeness (QED) is 0.237. The smallest absolute Gasteiger partial charge is 0.273 e. The van der Waals surface area contributed by atoms with E-state index in [0.717, 1.165) is 23.3 Å². The lowest BCUT2D eigenvalue weighted by atomic mass is 10.2. The molecule has 5 rings (SSSR count). The van der Waals surface area contributed by atoms with Crippen molar-refractivity contribution >= 4 is 50.7 Å². The molecule has 0 saturated carbocycles. The molecule has 6 nitrogen and oxygen atoms in total. The normalized spacial score (nSPS) is 11.5. The van der Waals surface area contributed by atoms with Crippen LogP contribution in [0.4, 0.5) is 4.39 Å². The lowest BCUT2D eigenvalue weighted by Crippen LogP contribution is -2.23. The van der Waals surface area contributed by atoms with Gasteiger partial charge in [0.2, 0.25) is 5.78 Å². The summed E-state index contributed by atoms with van der Waals surface area (Å²) in [6.07, 6.45) is 0.937. The summed E-state index contributed by atoms with van der Waals surface area (Å²) in [6, 6.07) is 14.2. The van der Waals surface area contributed by atoms with Crippen LogP contribution < -0.4 is 10.3 Å². The van der Waals surface area contributed by atoms with Gasteiger partial charge in [-0.15, -0.1) is 21.5 Å². The standard InChI is InChI=1S/C24H20ClFN4O2S2/c1-2-11-32-16-8-6-15(7-9-16)13-29-22(31)21-20(10-12-33-21)30-23(29)27-28-24(30)34-14-17-18(25)4-3-5-19(17)26/h3-10,12H,2,11,13-14H2,1H3. The van der Waals surface area contributed by atoms with Gasteiger partial charge < -0.3 is 4.74 Å². The lowest BCUT2D eigenvalue weighted by Gasteiger charge is -2.11. The second kappa shape index (κ2) is 9.77. The third kappa shape index (κ3) is 4.31. The van der Waals surface area contributed by atoms with Crippen LogP contribution in [-0.2, 0) is 12.3 Å². The molecule has 0 atom stereocenters. The van der Waals surface area contributed by atoms with E-state index in [4.69, 9.17) is 16.3 Å². The summed E-state index contributed by atoms with van der Waals surface area (Å²) >= 11 is 8.89. The van der Waals surface area contributed by atoms with Crippen LogP contribution in [0.1, 0.15) is 24.5 Å². The van der Waals surface area contributed by atoms with E-state index >= 15 is 0 Å². The highest BCUT2D eigenvalue weighted by atomic mass is 35.5. The number of ether oxygens (including phenoxy) is 1. The molecular weight excluding hydrogens is 495 g/mol. The number of fused-ring (bicyclic) bond motifs is 3. The van der Waals surface area contributed by atoms with Crippen LogP contribution in [-0.4, -0.2) is 25.8 Å². The van der Waals surface area contributed by atoms with Crippen molar-refractivity contribution in [3.8, 4) is 5.75 Å². The van der Waals surface area contributed by atoms with Crippen molar-refractivity contribution in [3.63, 3.8) is 0 Å². The minimum atomic E-state index is -0.363. The molecule has 0 amide bonds. The summed E-state index contributed by atoms with van der Waals surface area (Å²) in [6.45, 7) is 3.06. The SMILES string of the molecule is CCCOc1ccc(Cn2c(=O)c3sccc3n3c(SCc4c(F)cccc4Cl)nnc23)cc1. The van der Waals surface area contributed by atoms with Gasteiger partial charge in [0.25, 0.3) is 5.56 Å². The number of hydrogen-bond acceptors (Lipinski definition) is 6. The van der Waals surface area contributed by atoms with Crippen molar-refractivity contribution in [1.82, 2.24) is 19.2 Å². The number of thioether (sulfide) groups is 1. The maximum atomic E-state index is 14.3. The van der Waals surface area contributed by atoms with Crippen LogP contribution in [0.25, 0.3) is 16.0 Å². The Labute approximate surface area is 208 Å². The Hall–Kier alpha value is -2.88. The Bertz CT molecular complexity index is 1510. The van der Waals surface area contributed by atoms with Crippen LogP contribution in [0.15, 0.2) is 63.9 Å². The highest BCUT2D eigenvalue weighted by Gasteiger charge is 2.19. The summed E-state index contributed by atoms with van der Waals surface area (Å²) in [5.74, 6) is 1.16. The van der Waals surface area contributed by atoms with E-state index in [9.17, 15) is 9.18 Å². The molecular formula is C24H20ClFN4O2S2. The molecule has 3 aromatic heterocycles. The van der Waals surface area contributed by atoms with Crippen LogP contribution in [0.3, 0.4) is 0 Å². The molecule has 3 heterocycles. The van der Waals surface area contributed by atoms with E-state index in [0.29, 0.717) is 39.4 Å². The number of hydrogen-bond donors (Lipinski definition) is 0. The van der Waals surface area contributed by atoms with Crippen LogP contribution in [0.2, 0.25) is 5.02 Å². The van der Waals surface area contributed by atoms with E-state index < -0.39 is 0 Å². The van der Waals surface area contributed by atoms with E-state index in [-0.39, 0.29) is 17.1 Å². The van der Waals surface area contributed by atoms with Gasteiger partial charge >= 0.3 is 0 Å². The largest absolute Gasteiger partial charge is 0.494 e.